The molecular formula is C19H37N5O. The topological polar surface area (TPSA) is 82.8 Å². The molecule has 0 spiro atoms. The van der Waals surface area contributed by atoms with Crippen LogP contribution in [0.15, 0.2) is 4.99 Å². The van der Waals surface area contributed by atoms with Gasteiger partial charge in [0, 0.05) is 32.2 Å². The normalized spacial score (nSPS) is 26.4. The fraction of sp³-hybridized carbons (Fsp3) is 0.895. The number of carbonyl (C=O) groups is 1. The van der Waals surface area contributed by atoms with Gasteiger partial charge in [-0.2, -0.15) is 0 Å². The van der Waals surface area contributed by atoms with Crippen molar-refractivity contribution in [2.75, 3.05) is 32.7 Å². The minimum atomic E-state index is -0.238. The first kappa shape index (κ1) is 20.0. The molecule has 2 unspecified atom stereocenters. The van der Waals surface area contributed by atoms with Gasteiger partial charge in [-0.15, -0.1) is 0 Å². The van der Waals surface area contributed by atoms with Crippen molar-refractivity contribution < 1.29 is 4.79 Å². The van der Waals surface area contributed by atoms with E-state index in [1.165, 1.54) is 32.1 Å². The molecule has 0 bridgehead atoms. The van der Waals surface area contributed by atoms with Gasteiger partial charge in [-0.1, -0.05) is 26.2 Å². The predicted octanol–water partition coefficient (Wildman–Crippen LogP) is 1.71. The van der Waals surface area contributed by atoms with Gasteiger partial charge < -0.3 is 16.4 Å². The van der Waals surface area contributed by atoms with Gasteiger partial charge in [0.15, 0.2) is 5.96 Å². The third-order valence-corrected chi connectivity index (χ3v) is 5.50. The summed E-state index contributed by atoms with van der Waals surface area (Å²) in [6.07, 6.45) is 8.80. The van der Waals surface area contributed by atoms with E-state index in [-0.39, 0.29) is 5.91 Å². The lowest BCUT2D eigenvalue weighted by molar-refractivity contribution is -0.119. The molecule has 0 radical (unpaired) electrons. The third-order valence-electron chi connectivity index (χ3n) is 5.50. The number of piperidine rings is 1. The van der Waals surface area contributed by atoms with Crippen LogP contribution in [0.2, 0.25) is 0 Å². The number of aliphatic imine (C=N–C) groups is 1. The molecule has 1 aliphatic heterocycles. The average Bonchev–Trinajstić information content (AvgIpc) is 2.56. The Morgan fingerprint density at radius 1 is 1.24 bits per heavy atom. The SMILES string of the molecule is CCNC(=NCCC1CCCC(C)C1)NC1CCN(CC(N)=O)CC1. The Morgan fingerprint density at radius 2 is 2.00 bits per heavy atom. The molecule has 1 saturated heterocycles. The number of likely N-dealkylation sites (tertiary alicyclic amines) is 1. The van der Waals surface area contributed by atoms with E-state index < -0.39 is 0 Å². The summed E-state index contributed by atoms with van der Waals surface area (Å²) in [6, 6.07) is 0.427. The van der Waals surface area contributed by atoms with Gasteiger partial charge in [0.1, 0.15) is 0 Å². The molecule has 4 N–H and O–H groups in total. The third kappa shape index (κ3) is 7.63. The van der Waals surface area contributed by atoms with Crippen LogP contribution in [-0.2, 0) is 4.79 Å². The minimum Gasteiger partial charge on any atom is -0.369 e. The summed E-state index contributed by atoms with van der Waals surface area (Å²) in [5.74, 6) is 2.45. The van der Waals surface area contributed by atoms with E-state index in [9.17, 15) is 4.79 Å². The lowest BCUT2D eigenvalue weighted by Gasteiger charge is -2.32. The number of hydrogen-bond donors (Lipinski definition) is 3. The predicted molar refractivity (Wildman–Crippen MR) is 104 cm³/mol. The molecule has 144 valence electrons. The summed E-state index contributed by atoms with van der Waals surface area (Å²) >= 11 is 0. The molecule has 0 aromatic rings. The highest BCUT2D eigenvalue weighted by Gasteiger charge is 2.21. The Morgan fingerprint density at radius 3 is 2.64 bits per heavy atom. The molecule has 2 rings (SSSR count). The molecule has 2 fully saturated rings. The van der Waals surface area contributed by atoms with Crippen LogP contribution in [0.3, 0.4) is 0 Å². The van der Waals surface area contributed by atoms with Gasteiger partial charge >= 0.3 is 0 Å². The Hall–Kier alpha value is -1.30. The maximum Gasteiger partial charge on any atom is 0.231 e. The molecule has 1 aliphatic carbocycles. The van der Waals surface area contributed by atoms with Crippen molar-refractivity contribution in [1.29, 1.82) is 0 Å². The minimum absolute atomic E-state index is 0.238. The monoisotopic (exact) mass is 351 g/mol. The number of primary amides is 1. The molecule has 6 heteroatoms. The average molecular weight is 352 g/mol. The maximum absolute atomic E-state index is 11.0. The number of guanidine groups is 1. The number of hydrogen-bond acceptors (Lipinski definition) is 3. The summed E-state index contributed by atoms with van der Waals surface area (Å²) in [5, 5.41) is 6.94. The maximum atomic E-state index is 11.0. The van der Waals surface area contributed by atoms with Crippen LogP contribution in [0.1, 0.15) is 58.8 Å². The summed E-state index contributed by atoms with van der Waals surface area (Å²) in [5.41, 5.74) is 5.28. The lowest BCUT2D eigenvalue weighted by atomic mass is 9.81. The summed E-state index contributed by atoms with van der Waals surface area (Å²) in [7, 11) is 0. The second-order valence-electron chi connectivity index (χ2n) is 7.85. The van der Waals surface area contributed by atoms with Crippen LogP contribution >= 0.6 is 0 Å². The van der Waals surface area contributed by atoms with Crippen LogP contribution in [0.25, 0.3) is 0 Å². The zero-order valence-corrected chi connectivity index (χ0v) is 16.1. The molecule has 1 amide bonds. The van der Waals surface area contributed by atoms with E-state index in [4.69, 9.17) is 10.7 Å². The van der Waals surface area contributed by atoms with Gasteiger partial charge in [-0.05, 0) is 44.4 Å². The van der Waals surface area contributed by atoms with Gasteiger partial charge in [0.2, 0.25) is 5.91 Å². The van der Waals surface area contributed by atoms with E-state index in [0.29, 0.717) is 12.6 Å². The molecular weight excluding hydrogens is 314 g/mol. The van der Waals surface area contributed by atoms with Crippen molar-refractivity contribution in [1.82, 2.24) is 15.5 Å². The molecule has 1 saturated carbocycles. The number of rotatable bonds is 7. The quantitative estimate of drug-likeness (QED) is 0.482. The highest BCUT2D eigenvalue weighted by atomic mass is 16.1. The number of nitrogens with one attached hydrogen (secondary N) is 2. The van der Waals surface area contributed by atoms with Crippen molar-refractivity contribution in [2.45, 2.75) is 64.8 Å². The van der Waals surface area contributed by atoms with Crippen LogP contribution in [0, 0.1) is 11.8 Å². The van der Waals surface area contributed by atoms with E-state index in [1.54, 1.807) is 0 Å². The van der Waals surface area contributed by atoms with Crippen LogP contribution < -0.4 is 16.4 Å². The molecule has 2 aliphatic rings. The number of nitrogens with zero attached hydrogens (tertiary/aromatic N) is 2. The summed E-state index contributed by atoms with van der Waals surface area (Å²) in [4.78, 5) is 18.0. The standard InChI is InChI=1S/C19H37N5O/c1-3-21-19(22-10-7-16-6-4-5-15(2)13-16)23-17-8-11-24(12-9-17)14-18(20)25/h15-17H,3-14H2,1-2H3,(H2,20,25)(H2,21,22,23). The van der Waals surface area contributed by atoms with Gasteiger partial charge in [-0.25, -0.2) is 0 Å². The van der Waals surface area contributed by atoms with E-state index in [2.05, 4.69) is 29.4 Å². The van der Waals surface area contributed by atoms with Crippen molar-refractivity contribution in [2.24, 2.45) is 22.6 Å². The fourth-order valence-corrected chi connectivity index (χ4v) is 4.15. The van der Waals surface area contributed by atoms with Crippen molar-refractivity contribution in [3.8, 4) is 0 Å². The molecule has 1 heterocycles. The van der Waals surface area contributed by atoms with Gasteiger partial charge in [-0.3, -0.25) is 14.7 Å². The Bertz CT molecular complexity index is 432. The Labute approximate surface area is 153 Å². The zero-order valence-electron chi connectivity index (χ0n) is 16.1. The molecule has 0 aromatic heterocycles. The molecule has 2 atom stereocenters. The number of carbonyl (C=O) groups excluding carboxylic acids is 1. The van der Waals surface area contributed by atoms with Crippen molar-refractivity contribution in [3.63, 3.8) is 0 Å². The smallest absolute Gasteiger partial charge is 0.231 e. The second kappa shape index (κ2) is 10.6. The van der Waals surface area contributed by atoms with Crippen LogP contribution in [-0.4, -0.2) is 55.5 Å². The first-order valence-corrected chi connectivity index (χ1v) is 10.1. The number of nitrogens with two attached hydrogens (primary N) is 1. The second-order valence-corrected chi connectivity index (χ2v) is 7.85. The molecule has 0 aromatic carbocycles. The van der Waals surface area contributed by atoms with Gasteiger partial charge in [0.25, 0.3) is 0 Å². The Balaban J connectivity index is 1.73. The largest absolute Gasteiger partial charge is 0.369 e. The first-order valence-electron chi connectivity index (χ1n) is 10.1. The van der Waals surface area contributed by atoms with Crippen molar-refractivity contribution >= 4 is 11.9 Å². The fourth-order valence-electron chi connectivity index (χ4n) is 4.15. The lowest BCUT2D eigenvalue weighted by Crippen LogP contribution is -2.49. The number of amides is 1. The molecule has 25 heavy (non-hydrogen) atoms. The van der Waals surface area contributed by atoms with Crippen molar-refractivity contribution in [3.05, 3.63) is 0 Å². The first-order chi connectivity index (χ1) is 12.1. The van der Waals surface area contributed by atoms with E-state index in [1.807, 2.05) is 0 Å². The van der Waals surface area contributed by atoms with Crippen LogP contribution in [0.4, 0.5) is 0 Å². The summed E-state index contributed by atoms with van der Waals surface area (Å²) in [6.45, 7) is 8.49. The molecule has 6 nitrogen and oxygen atoms in total. The summed E-state index contributed by atoms with van der Waals surface area (Å²) < 4.78 is 0. The zero-order chi connectivity index (χ0) is 18.1. The van der Waals surface area contributed by atoms with E-state index >= 15 is 0 Å². The van der Waals surface area contributed by atoms with Crippen LogP contribution in [0.5, 0.6) is 0 Å². The van der Waals surface area contributed by atoms with Gasteiger partial charge in [0.05, 0.1) is 6.54 Å². The Kier molecular flexibility index (Phi) is 8.52. The highest BCUT2D eigenvalue weighted by Crippen LogP contribution is 2.30. The van der Waals surface area contributed by atoms with E-state index in [0.717, 1.165) is 56.8 Å². The highest BCUT2D eigenvalue weighted by molar-refractivity contribution is 5.80.